The van der Waals surface area contributed by atoms with Crippen LogP contribution in [0.2, 0.25) is 5.02 Å². The second-order valence-corrected chi connectivity index (χ2v) is 3.64. The zero-order chi connectivity index (χ0) is 11.4. The van der Waals surface area contributed by atoms with Crippen LogP contribution in [0.1, 0.15) is 10.9 Å². The highest BCUT2D eigenvalue weighted by Gasteiger charge is 2.22. The molecule has 1 unspecified atom stereocenters. The van der Waals surface area contributed by atoms with Crippen molar-refractivity contribution in [3.8, 4) is 5.75 Å². The molecule has 0 saturated carbocycles. The first-order valence-corrected chi connectivity index (χ1v) is 4.97. The molecule has 82 valence electrons. The molecule has 1 aromatic carbocycles. The maximum absolute atomic E-state index is 11.2. The fourth-order valence-electron chi connectivity index (χ4n) is 1.13. The van der Waals surface area contributed by atoms with Gasteiger partial charge in [-0.05, 0) is 18.2 Å². The Morgan fingerprint density at radius 2 is 2.07 bits per heavy atom. The third-order valence-electron chi connectivity index (χ3n) is 1.87. The second-order valence-electron chi connectivity index (χ2n) is 2.77. The molecular weight excluding hydrogens is 239 g/mol. The summed E-state index contributed by atoms with van der Waals surface area (Å²) in [6, 6.07) is 4.88. The van der Waals surface area contributed by atoms with Crippen molar-refractivity contribution in [2.45, 2.75) is 5.38 Å². The molecule has 0 bridgehead atoms. The molecule has 0 spiro atoms. The van der Waals surface area contributed by atoms with E-state index in [0.29, 0.717) is 16.3 Å². The van der Waals surface area contributed by atoms with Crippen LogP contribution in [0.4, 0.5) is 0 Å². The highest BCUT2D eigenvalue weighted by Crippen LogP contribution is 2.32. The average molecular weight is 249 g/mol. The summed E-state index contributed by atoms with van der Waals surface area (Å²) in [5, 5.41) is -0.427. The molecule has 0 aliphatic heterocycles. The fraction of sp³-hybridized carbons (Fsp3) is 0.300. The summed E-state index contributed by atoms with van der Waals surface area (Å²) < 4.78 is 9.60. The SMILES string of the molecule is COC(=O)C(Cl)c1cc(Cl)ccc1OC. The van der Waals surface area contributed by atoms with Crippen molar-refractivity contribution >= 4 is 29.2 Å². The Labute approximate surface area is 97.9 Å². The predicted octanol–water partition coefficient (Wildman–Crippen LogP) is 2.80. The molecule has 15 heavy (non-hydrogen) atoms. The van der Waals surface area contributed by atoms with E-state index in [-0.39, 0.29) is 0 Å². The number of carbonyl (C=O) groups is 1. The molecule has 1 rings (SSSR count). The van der Waals surface area contributed by atoms with Gasteiger partial charge in [0.25, 0.3) is 0 Å². The molecule has 0 aromatic heterocycles. The van der Waals surface area contributed by atoms with E-state index in [2.05, 4.69) is 4.74 Å². The first-order valence-electron chi connectivity index (χ1n) is 4.15. The van der Waals surface area contributed by atoms with E-state index in [1.54, 1.807) is 18.2 Å². The molecule has 0 amide bonds. The lowest BCUT2D eigenvalue weighted by molar-refractivity contribution is -0.140. The first kappa shape index (κ1) is 12.1. The Morgan fingerprint density at radius 3 is 2.60 bits per heavy atom. The molecule has 1 aromatic rings. The Kier molecular flexibility index (Phi) is 4.24. The molecule has 0 aliphatic rings. The minimum atomic E-state index is -0.913. The summed E-state index contributed by atoms with van der Waals surface area (Å²) in [4.78, 5) is 11.2. The van der Waals surface area contributed by atoms with Crippen LogP contribution in [0.15, 0.2) is 18.2 Å². The molecule has 3 nitrogen and oxygen atoms in total. The van der Waals surface area contributed by atoms with E-state index < -0.39 is 11.3 Å². The van der Waals surface area contributed by atoms with E-state index in [0.717, 1.165) is 0 Å². The quantitative estimate of drug-likeness (QED) is 0.610. The Bertz CT molecular complexity index is 366. The summed E-state index contributed by atoms with van der Waals surface area (Å²) in [5.74, 6) is -0.0398. The van der Waals surface area contributed by atoms with Gasteiger partial charge in [0.05, 0.1) is 14.2 Å². The van der Waals surface area contributed by atoms with Gasteiger partial charge in [0.2, 0.25) is 0 Å². The van der Waals surface area contributed by atoms with E-state index in [1.807, 2.05) is 0 Å². The molecule has 1 atom stereocenters. The van der Waals surface area contributed by atoms with E-state index >= 15 is 0 Å². The van der Waals surface area contributed by atoms with Gasteiger partial charge in [0.15, 0.2) is 5.38 Å². The number of hydrogen-bond acceptors (Lipinski definition) is 3. The largest absolute Gasteiger partial charge is 0.496 e. The zero-order valence-electron chi connectivity index (χ0n) is 8.29. The standard InChI is InChI=1S/C10H10Cl2O3/c1-14-8-4-3-6(11)5-7(8)9(12)10(13)15-2/h3-5,9H,1-2H3. The van der Waals surface area contributed by atoms with Crippen LogP contribution in [0.5, 0.6) is 5.75 Å². The van der Waals surface area contributed by atoms with Crippen LogP contribution in [0.3, 0.4) is 0 Å². The number of rotatable bonds is 3. The number of methoxy groups -OCH3 is 2. The van der Waals surface area contributed by atoms with Gasteiger partial charge >= 0.3 is 5.97 Å². The maximum Gasteiger partial charge on any atom is 0.328 e. The second kappa shape index (κ2) is 5.24. The molecule has 0 heterocycles. The van der Waals surface area contributed by atoms with Gasteiger partial charge in [-0.1, -0.05) is 11.6 Å². The highest BCUT2D eigenvalue weighted by molar-refractivity contribution is 6.32. The van der Waals surface area contributed by atoms with Crippen LogP contribution < -0.4 is 4.74 Å². The van der Waals surface area contributed by atoms with Crippen LogP contribution in [-0.4, -0.2) is 20.2 Å². The monoisotopic (exact) mass is 248 g/mol. The summed E-state index contributed by atoms with van der Waals surface area (Å²) in [6.45, 7) is 0. The number of esters is 1. The van der Waals surface area contributed by atoms with Gasteiger partial charge in [-0.15, -0.1) is 11.6 Å². The van der Waals surface area contributed by atoms with E-state index in [4.69, 9.17) is 27.9 Å². The van der Waals surface area contributed by atoms with Crippen molar-refractivity contribution in [3.63, 3.8) is 0 Å². The van der Waals surface area contributed by atoms with Gasteiger partial charge in [0, 0.05) is 10.6 Å². The third kappa shape index (κ3) is 2.76. The number of halogens is 2. The molecule has 0 aliphatic carbocycles. The lowest BCUT2D eigenvalue weighted by Gasteiger charge is -2.12. The van der Waals surface area contributed by atoms with Crippen LogP contribution in [0.25, 0.3) is 0 Å². The third-order valence-corrected chi connectivity index (χ3v) is 2.52. The lowest BCUT2D eigenvalue weighted by Crippen LogP contribution is -2.09. The van der Waals surface area contributed by atoms with Crippen LogP contribution in [0, 0.1) is 0 Å². The summed E-state index contributed by atoms with van der Waals surface area (Å²) in [7, 11) is 2.77. The number of alkyl halides is 1. The minimum absolute atomic E-state index is 0.486. The van der Waals surface area contributed by atoms with Crippen molar-refractivity contribution in [1.82, 2.24) is 0 Å². The predicted molar refractivity (Wildman–Crippen MR) is 58.6 cm³/mol. The van der Waals surface area contributed by atoms with E-state index in [9.17, 15) is 4.79 Å². The normalized spacial score (nSPS) is 12.0. The van der Waals surface area contributed by atoms with Gasteiger partial charge in [-0.25, -0.2) is 0 Å². The molecule has 0 radical (unpaired) electrons. The van der Waals surface area contributed by atoms with Crippen molar-refractivity contribution in [3.05, 3.63) is 28.8 Å². The molecular formula is C10H10Cl2O3. The summed E-state index contributed by atoms with van der Waals surface area (Å²) >= 11 is 11.7. The fourth-order valence-corrected chi connectivity index (χ4v) is 1.57. The molecule has 5 heteroatoms. The Hall–Kier alpha value is -0.930. The van der Waals surface area contributed by atoms with Crippen molar-refractivity contribution in [1.29, 1.82) is 0 Å². The van der Waals surface area contributed by atoms with Gasteiger partial charge in [-0.2, -0.15) is 0 Å². The average Bonchev–Trinajstić information content (AvgIpc) is 2.27. The smallest absolute Gasteiger partial charge is 0.328 e. The maximum atomic E-state index is 11.2. The highest BCUT2D eigenvalue weighted by atomic mass is 35.5. The zero-order valence-corrected chi connectivity index (χ0v) is 9.80. The molecule has 0 saturated heterocycles. The van der Waals surface area contributed by atoms with Crippen LogP contribution >= 0.6 is 23.2 Å². The summed E-state index contributed by atoms with van der Waals surface area (Å²) in [6.07, 6.45) is 0. The number of ether oxygens (including phenoxy) is 2. The van der Waals surface area contributed by atoms with Gasteiger partial charge in [-0.3, -0.25) is 4.79 Å². The Morgan fingerprint density at radius 1 is 1.40 bits per heavy atom. The van der Waals surface area contributed by atoms with Crippen molar-refractivity contribution in [2.24, 2.45) is 0 Å². The van der Waals surface area contributed by atoms with Gasteiger partial charge < -0.3 is 9.47 Å². The van der Waals surface area contributed by atoms with Crippen molar-refractivity contribution in [2.75, 3.05) is 14.2 Å². The first-order chi connectivity index (χ1) is 7.10. The molecule has 0 fully saturated rings. The topological polar surface area (TPSA) is 35.5 Å². The van der Waals surface area contributed by atoms with Gasteiger partial charge in [0.1, 0.15) is 5.75 Å². The Balaban J connectivity index is 3.10. The van der Waals surface area contributed by atoms with E-state index in [1.165, 1.54) is 14.2 Å². The molecule has 0 N–H and O–H groups in total. The van der Waals surface area contributed by atoms with Crippen molar-refractivity contribution < 1.29 is 14.3 Å². The summed E-state index contributed by atoms with van der Waals surface area (Å²) in [5.41, 5.74) is 0.499. The minimum Gasteiger partial charge on any atom is -0.496 e. The number of carbonyl (C=O) groups excluding carboxylic acids is 1. The number of benzene rings is 1. The number of hydrogen-bond donors (Lipinski definition) is 0. The lowest BCUT2D eigenvalue weighted by atomic mass is 10.1. The van der Waals surface area contributed by atoms with Crippen LogP contribution in [-0.2, 0) is 9.53 Å².